The van der Waals surface area contributed by atoms with E-state index in [-0.39, 0.29) is 63.1 Å². The van der Waals surface area contributed by atoms with Crippen LogP contribution in [0.2, 0.25) is 0 Å². The minimum atomic E-state index is -2.04. The van der Waals surface area contributed by atoms with Crippen LogP contribution in [0.1, 0.15) is 104 Å². The lowest BCUT2D eigenvalue weighted by Crippen LogP contribution is -2.54. The number of urea groups is 1. The van der Waals surface area contributed by atoms with E-state index < -0.39 is 89.2 Å². The summed E-state index contributed by atoms with van der Waals surface area (Å²) in [6.45, 7) is 6.33. The molecule has 0 unspecified atom stereocenters. The van der Waals surface area contributed by atoms with Crippen LogP contribution in [0, 0.1) is 18.7 Å². The third kappa shape index (κ3) is 9.83. The summed E-state index contributed by atoms with van der Waals surface area (Å²) in [4.78, 5) is 107. The van der Waals surface area contributed by atoms with E-state index in [1.807, 2.05) is 0 Å². The van der Waals surface area contributed by atoms with Gasteiger partial charge in [0.1, 0.15) is 31.1 Å². The highest BCUT2D eigenvalue weighted by atomic mass is 19.1. The fraction of sp³-hybridized carbons (Fsp3) is 0.426. The number of cyclic esters (lactones) is 1. The molecule has 7 rings (SSSR count). The number of carboxylic acid groups (broad SMARTS) is 1. The molecule has 0 fully saturated rings. The molecule has 9 N–H and O–H groups in total. The quantitative estimate of drug-likeness (QED) is 0.0491. The lowest BCUT2D eigenvalue weighted by atomic mass is 9.81. The van der Waals surface area contributed by atoms with E-state index in [1.54, 1.807) is 58.0 Å². The maximum atomic E-state index is 15.4. The number of carboxylic acids is 1. The maximum absolute atomic E-state index is 15.4. The van der Waals surface area contributed by atoms with Crippen LogP contribution in [0.25, 0.3) is 22.3 Å². The number of carbonyl (C=O) groups excluding carboxylic acids is 6. The molecule has 68 heavy (non-hydrogen) atoms. The fourth-order valence-electron chi connectivity index (χ4n) is 8.99. The second-order valence-electron chi connectivity index (χ2n) is 17.5. The van der Waals surface area contributed by atoms with E-state index in [0.29, 0.717) is 63.1 Å². The van der Waals surface area contributed by atoms with E-state index in [0.717, 1.165) is 5.56 Å². The maximum Gasteiger partial charge on any atom is 0.407 e. The first-order chi connectivity index (χ1) is 32.3. The molecule has 4 atom stereocenters. The molecule has 2 aliphatic heterocycles. The molecule has 2 aromatic carbocycles. The number of aliphatic carboxylic acids is 1. The number of pyridine rings is 2. The van der Waals surface area contributed by atoms with Crippen LogP contribution in [-0.2, 0) is 65.2 Å². The monoisotopic (exact) mass is 940 g/mol. The molecule has 4 heterocycles. The number of aliphatic hydroxyl groups is 1. The van der Waals surface area contributed by atoms with Crippen molar-refractivity contribution in [3.8, 4) is 11.4 Å². The van der Waals surface area contributed by atoms with E-state index in [4.69, 9.17) is 25.3 Å². The zero-order chi connectivity index (χ0) is 49.2. The van der Waals surface area contributed by atoms with E-state index in [2.05, 4.69) is 26.6 Å². The van der Waals surface area contributed by atoms with Crippen LogP contribution in [0.15, 0.2) is 41.2 Å². The minimum Gasteiger partial charge on any atom is -0.481 e. The Bertz CT molecular complexity index is 2790. The van der Waals surface area contributed by atoms with Crippen molar-refractivity contribution in [2.24, 2.45) is 11.7 Å². The highest BCUT2D eigenvalue weighted by molar-refractivity contribution is 5.99. The molecule has 6 amide bonds. The van der Waals surface area contributed by atoms with Crippen LogP contribution >= 0.6 is 0 Å². The molecule has 1 aliphatic carbocycles. The molecule has 0 bridgehead atoms. The number of aromatic nitrogens is 2. The Labute approximate surface area is 388 Å². The van der Waals surface area contributed by atoms with Gasteiger partial charge >= 0.3 is 24.1 Å². The average molecular weight is 941 g/mol. The SMILES string of the molecule is CC[C@@]1(O)C(=O)OCc2c1cc1n(c2=O)Cc2c-1nc1cc(F)c(C)c3c1c2[C@@H](NC(=O)OCc1ccc(NC(=O)[C@H](CCCNC(N)=O)NC(=O)[C@@H](NC(=O)CCC(=O)O)C(C)C)cc1)CC3. The molecule has 0 saturated carbocycles. The molecule has 0 saturated heterocycles. The van der Waals surface area contributed by atoms with Crippen molar-refractivity contribution in [2.45, 2.75) is 116 Å². The predicted octanol–water partition coefficient (Wildman–Crippen LogP) is 3.32. The number of amides is 6. The van der Waals surface area contributed by atoms with Crippen LogP contribution in [0.3, 0.4) is 0 Å². The standard InChI is InChI=1S/C47H53FN8O12/c1-5-47(66)29-17-34-40-27(19-56(34)43(62)28(29)21-67-44(47)63)38-31(13-12-26-23(4)30(48)18-33(52-40)37(26)38)54-46(65)68-20-24-8-10-25(11-9-24)51-41(60)32(7-6-16-50-45(49)64)53-42(61)39(22(2)3)55-35(57)14-15-36(58)59/h8-11,17-18,22,31-32,39,66H,5-7,12-16,19-21H2,1-4H3,(H,51,60)(H,53,61)(H,54,65)(H,55,57)(H,58,59)(H3,49,50,64)/t31-,32-,39-,47-/m0/s1. The molecule has 20 nitrogen and oxygen atoms in total. The molecule has 2 aromatic heterocycles. The number of anilines is 1. The number of primary amides is 1. The van der Waals surface area contributed by atoms with Gasteiger partial charge in [0.25, 0.3) is 5.56 Å². The number of hydrogen-bond donors (Lipinski definition) is 8. The Morgan fingerprint density at radius 1 is 1.03 bits per heavy atom. The van der Waals surface area contributed by atoms with E-state index >= 15 is 4.39 Å². The first-order valence-corrected chi connectivity index (χ1v) is 22.3. The molecule has 0 spiro atoms. The van der Waals surface area contributed by atoms with Crippen molar-refractivity contribution in [3.63, 3.8) is 0 Å². The molecule has 360 valence electrons. The summed E-state index contributed by atoms with van der Waals surface area (Å²) in [5.41, 5.74) is 7.32. The summed E-state index contributed by atoms with van der Waals surface area (Å²) in [5.74, 6) is -4.84. The number of carbonyl (C=O) groups is 7. The van der Waals surface area contributed by atoms with Gasteiger partial charge in [-0.1, -0.05) is 32.9 Å². The normalized spacial score (nSPS) is 17.5. The van der Waals surface area contributed by atoms with Gasteiger partial charge < -0.3 is 56.6 Å². The van der Waals surface area contributed by atoms with Crippen molar-refractivity contribution in [3.05, 3.63) is 91.5 Å². The lowest BCUT2D eigenvalue weighted by Gasteiger charge is -2.31. The van der Waals surface area contributed by atoms with Gasteiger partial charge in [0.2, 0.25) is 17.7 Å². The molecule has 3 aliphatic rings. The van der Waals surface area contributed by atoms with Crippen molar-refractivity contribution >= 4 is 58.4 Å². The molecule has 0 radical (unpaired) electrons. The molecular formula is C47H53FN8O12. The first kappa shape index (κ1) is 48.5. The number of hydrogen-bond acceptors (Lipinski definition) is 12. The Morgan fingerprint density at radius 3 is 2.44 bits per heavy atom. The lowest BCUT2D eigenvalue weighted by molar-refractivity contribution is -0.172. The van der Waals surface area contributed by atoms with Gasteiger partial charge in [0.05, 0.1) is 41.5 Å². The van der Waals surface area contributed by atoms with Gasteiger partial charge in [0.15, 0.2) is 5.60 Å². The summed E-state index contributed by atoms with van der Waals surface area (Å²) in [5, 5.41) is 34.3. The average Bonchev–Trinajstić information content (AvgIpc) is 3.67. The van der Waals surface area contributed by atoms with Gasteiger partial charge in [-0.25, -0.2) is 23.8 Å². The zero-order valence-electron chi connectivity index (χ0n) is 37.9. The summed E-state index contributed by atoms with van der Waals surface area (Å²) in [7, 11) is 0. The number of benzene rings is 2. The number of nitrogens with two attached hydrogens (primary N) is 1. The minimum absolute atomic E-state index is 0.0421. The largest absolute Gasteiger partial charge is 0.481 e. The number of aryl methyl sites for hydroxylation is 1. The Balaban J connectivity index is 1.05. The number of fused-ring (bicyclic) bond motifs is 5. The van der Waals surface area contributed by atoms with E-state index in [1.165, 1.54) is 10.6 Å². The first-order valence-electron chi connectivity index (χ1n) is 22.3. The van der Waals surface area contributed by atoms with Crippen molar-refractivity contribution in [1.82, 2.24) is 30.8 Å². The number of nitrogens with zero attached hydrogens (tertiary/aromatic N) is 2. The highest BCUT2D eigenvalue weighted by Crippen LogP contribution is 2.46. The van der Waals surface area contributed by atoms with Crippen LogP contribution in [0.5, 0.6) is 0 Å². The number of ether oxygens (including phenoxy) is 2. The van der Waals surface area contributed by atoms with Gasteiger partial charge in [-0.2, -0.15) is 0 Å². The number of nitrogens with one attached hydrogen (secondary N) is 5. The Kier molecular flexibility index (Phi) is 14.1. The third-order valence-electron chi connectivity index (χ3n) is 12.7. The fourth-order valence-corrected chi connectivity index (χ4v) is 8.99. The zero-order valence-corrected chi connectivity index (χ0v) is 37.9. The topological polar surface area (TPSA) is 299 Å². The number of esters is 1. The van der Waals surface area contributed by atoms with Gasteiger partial charge in [-0.3, -0.25) is 24.0 Å². The second kappa shape index (κ2) is 19.8. The van der Waals surface area contributed by atoms with Gasteiger partial charge in [-0.15, -0.1) is 0 Å². The number of halogens is 1. The predicted molar refractivity (Wildman–Crippen MR) is 241 cm³/mol. The van der Waals surface area contributed by atoms with Crippen molar-refractivity contribution in [1.29, 1.82) is 0 Å². The Morgan fingerprint density at radius 2 is 1.76 bits per heavy atom. The summed E-state index contributed by atoms with van der Waals surface area (Å²) in [6.07, 6.45) is -0.473. The molecular weight excluding hydrogens is 888 g/mol. The van der Waals surface area contributed by atoms with Gasteiger partial charge in [-0.05, 0) is 85.4 Å². The second-order valence-corrected chi connectivity index (χ2v) is 17.5. The third-order valence-corrected chi connectivity index (χ3v) is 12.7. The van der Waals surface area contributed by atoms with Crippen LogP contribution in [-0.4, -0.2) is 80.2 Å². The number of alkyl carbamates (subject to hydrolysis) is 1. The van der Waals surface area contributed by atoms with Gasteiger partial charge in [0, 0.05) is 41.2 Å². The smallest absolute Gasteiger partial charge is 0.407 e. The van der Waals surface area contributed by atoms with Crippen LogP contribution < -0.4 is 37.9 Å². The van der Waals surface area contributed by atoms with Crippen molar-refractivity contribution < 1.29 is 57.6 Å². The highest BCUT2D eigenvalue weighted by Gasteiger charge is 2.46. The summed E-state index contributed by atoms with van der Waals surface area (Å²) < 4.78 is 27.7. The Hall–Kier alpha value is -7.42. The molecule has 4 aromatic rings. The van der Waals surface area contributed by atoms with E-state index in [9.17, 15) is 43.5 Å². The number of rotatable bonds is 17. The molecule has 21 heteroatoms. The summed E-state index contributed by atoms with van der Waals surface area (Å²) in [6, 6.07) is 5.66. The summed E-state index contributed by atoms with van der Waals surface area (Å²) >= 11 is 0. The van der Waals surface area contributed by atoms with Crippen molar-refractivity contribution in [2.75, 3.05) is 11.9 Å². The van der Waals surface area contributed by atoms with Crippen LogP contribution in [0.4, 0.5) is 19.7 Å².